The molecule has 3 rings (SSSR count). The summed E-state index contributed by atoms with van der Waals surface area (Å²) in [6.45, 7) is 6.16. The maximum Gasteiger partial charge on any atom is 0.416 e. The quantitative estimate of drug-likeness (QED) is 0.350. The maximum atomic E-state index is 13.3. The Morgan fingerprint density at radius 1 is 0.946 bits per heavy atom. The third-order valence-electron chi connectivity index (χ3n) is 7.28. The third kappa shape index (κ3) is 7.27. The number of nitrogens with zero attached hydrogens (tertiary/aromatic N) is 1. The molecule has 2 unspecified atom stereocenters. The van der Waals surface area contributed by atoms with Crippen LogP contribution >= 0.6 is 0 Å². The summed E-state index contributed by atoms with van der Waals surface area (Å²) in [6.07, 6.45) is -7.28. The van der Waals surface area contributed by atoms with E-state index in [0.717, 1.165) is 24.1 Å². The van der Waals surface area contributed by atoms with E-state index in [1.807, 2.05) is 4.90 Å². The molecule has 0 aromatic heterocycles. The SMILES string of the molecule is CC(C)CCC(c1ccc(C(C)C(=O)O)cc1-c1ccc(C(F)(F)F)cc1)N1CCC(C(F)(F)F)CC1. The second kappa shape index (κ2) is 11.5. The van der Waals surface area contributed by atoms with Crippen LogP contribution < -0.4 is 0 Å². The molecule has 1 heterocycles. The highest BCUT2D eigenvalue weighted by molar-refractivity contribution is 5.77. The minimum absolute atomic E-state index is 0.00851. The molecule has 9 heteroatoms. The van der Waals surface area contributed by atoms with Crippen LogP contribution in [0.3, 0.4) is 0 Å². The number of carboxylic acid groups (broad SMARTS) is 1. The van der Waals surface area contributed by atoms with Crippen molar-refractivity contribution in [1.29, 1.82) is 0 Å². The average molecular weight is 530 g/mol. The van der Waals surface area contributed by atoms with E-state index in [-0.39, 0.29) is 32.0 Å². The molecule has 2 atom stereocenters. The molecule has 37 heavy (non-hydrogen) atoms. The number of halogens is 6. The van der Waals surface area contributed by atoms with Crippen LogP contribution in [0.15, 0.2) is 42.5 Å². The highest BCUT2D eigenvalue weighted by Gasteiger charge is 2.42. The molecular formula is C28H33F6NO2. The van der Waals surface area contributed by atoms with E-state index in [9.17, 15) is 36.2 Å². The van der Waals surface area contributed by atoms with Crippen molar-refractivity contribution < 1.29 is 36.2 Å². The summed E-state index contributed by atoms with van der Waals surface area (Å²) < 4.78 is 79.4. The second-order valence-electron chi connectivity index (χ2n) is 10.3. The van der Waals surface area contributed by atoms with Gasteiger partial charge in [-0.2, -0.15) is 26.3 Å². The van der Waals surface area contributed by atoms with Crippen LogP contribution in [0.2, 0.25) is 0 Å². The van der Waals surface area contributed by atoms with Gasteiger partial charge in [-0.3, -0.25) is 9.69 Å². The van der Waals surface area contributed by atoms with Crippen molar-refractivity contribution in [2.45, 2.75) is 70.8 Å². The van der Waals surface area contributed by atoms with Gasteiger partial charge in [0.25, 0.3) is 0 Å². The Morgan fingerprint density at radius 2 is 1.54 bits per heavy atom. The number of rotatable bonds is 8. The lowest BCUT2D eigenvalue weighted by Gasteiger charge is -2.39. The molecule has 0 amide bonds. The van der Waals surface area contributed by atoms with E-state index in [1.165, 1.54) is 19.1 Å². The predicted molar refractivity (Wildman–Crippen MR) is 130 cm³/mol. The molecule has 0 saturated carbocycles. The van der Waals surface area contributed by atoms with Crippen LogP contribution in [0.5, 0.6) is 0 Å². The fraction of sp³-hybridized carbons (Fsp3) is 0.536. The van der Waals surface area contributed by atoms with Gasteiger partial charge in [0, 0.05) is 6.04 Å². The number of piperidine rings is 1. The molecule has 3 nitrogen and oxygen atoms in total. The first-order chi connectivity index (χ1) is 17.2. The van der Waals surface area contributed by atoms with Crippen LogP contribution in [0, 0.1) is 11.8 Å². The zero-order valence-corrected chi connectivity index (χ0v) is 21.2. The van der Waals surface area contributed by atoms with E-state index in [1.54, 1.807) is 18.2 Å². The van der Waals surface area contributed by atoms with Gasteiger partial charge in [-0.1, -0.05) is 38.1 Å². The maximum absolute atomic E-state index is 13.3. The van der Waals surface area contributed by atoms with Crippen LogP contribution in [0.25, 0.3) is 11.1 Å². The molecule has 2 aromatic rings. The van der Waals surface area contributed by atoms with Crippen molar-refractivity contribution in [2.75, 3.05) is 13.1 Å². The fourth-order valence-corrected chi connectivity index (χ4v) is 4.93. The molecule has 0 spiro atoms. The summed E-state index contributed by atoms with van der Waals surface area (Å²) in [6, 6.07) is 9.66. The summed E-state index contributed by atoms with van der Waals surface area (Å²) in [5, 5.41) is 9.52. The largest absolute Gasteiger partial charge is 0.481 e. The predicted octanol–water partition coefficient (Wildman–Crippen LogP) is 8.31. The molecule has 204 valence electrons. The van der Waals surface area contributed by atoms with E-state index < -0.39 is 35.7 Å². The van der Waals surface area contributed by atoms with E-state index in [2.05, 4.69) is 13.8 Å². The summed E-state index contributed by atoms with van der Waals surface area (Å²) in [5.74, 6) is -2.87. The number of alkyl halides is 6. The van der Waals surface area contributed by atoms with Gasteiger partial charge in [-0.05, 0) is 92.1 Å². The first-order valence-electron chi connectivity index (χ1n) is 12.5. The fourth-order valence-electron chi connectivity index (χ4n) is 4.93. The molecule has 1 fully saturated rings. The Labute approximate surface area is 213 Å². The zero-order chi connectivity index (χ0) is 27.5. The minimum Gasteiger partial charge on any atom is -0.481 e. The molecule has 2 aromatic carbocycles. The summed E-state index contributed by atoms with van der Waals surface area (Å²) >= 11 is 0. The third-order valence-corrected chi connectivity index (χ3v) is 7.28. The molecule has 0 bridgehead atoms. The van der Waals surface area contributed by atoms with Crippen molar-refractivity contribution in [3.63, 3.8) is 0 Å². The normalized spacial score (nSPS) is 17.7. The highest BCUT2D eigenvalue weighted by atomic mass is 19.4. The molecular weight excluding hydrogens is 496 g/mol. The Kier molecular flexibility index (Phi) is 8.98. The Hall–Kier alpha value is -2.55. The molecule has 1 N–H and O–H groups in total. The van der Waals surface area contributed by atoms with Gasteiger partial charge in [0.1, 0.15) is 0 Å². The molecule has 0 aliphatic carbocycles. The van der Waals surface area contributed by atoms with E-state index in [0.29, 0.717) is 29.0 Å². The number of carboxylic acids is 1. The monoisotopic (exact) mass is 529 g/mol. The van der Waals surface area contributed by atoms with Crippen molar-refractivity contribution in [1.82, 2.24) is 4.90 Å². The van der Waals surface area contributed by atoms with Crippen LogP contribution in [-0.2, 0) is 11.0 Å². The Bertz CT molecular complexity index is 1050. The Balaban J connectivity index is 2.07. The van der Waals surface area contributed by atoms with Crippen molar-refractivity contribution in [3.05, 3.63) is 59.2 Å². The van der Waals surface area contributed by atoms with Crippen molar-refractivity contribution in [2.24, 2.45) is 11.8 Å². The first-order valence-corrected chi connectivity index (χ1v) is 12.5. The lowest BCUT2D eigenvalue weighted by Crippen LogP contribution is -2.41. The standard InChI is InChI=1S/C28H33F6NO2/c1-17(2)4-11-25(35-14-12-22(13-15-35)28(32,33)34)23-10-7-20(18(3)26(36)37)16-24(23)19-5-8-21(9-6-19)27(29,30)31/h5-10,16-18,22,25H,4,11-15H2,1-3H3,(H,36,37). The molecule has 1 saturated heterocycles. The van der Waals surface area contributed by atoms with Crippen LogP contribution in [0.1, 0.15) is 75.1 Å². The van der Waals surface area contributed by atoms with E-state index >= 15 is 0 Å². The summed E-state index contributed by atoms with van der Waals surface area (Å²) in [7, 11) is 0. The van der Waals surface area contributed by atoms with Gasteiger partial charge in [0.05, 0.1) is 17.4 Å². The number of hydrogen-bond acceptors (Lipinski definition) is 2. The van der Waals surface area contributed by atoms with Crippen LogP contribution in [0.4, 0.5) is 26.3 Å². The molecule has 1 aliphatic rings. The minimum atomic E-state index is -4.50. The van der Waals surface area contributed by atoms with E-state index in [4.69, 9.17) is 0 Å². The smallest absolute Gasteiger partial charge is 0.416 e. The van der Waals surface area contributed by atoms with Crippen molar-refractivity contribution >= 4 is 5.97 Å². The van der Waals surface area contributed by atoms with Gasteiger partial charge in [0.15, 0.2) is 0 Å². The second-order valence-corrected chi connectivity index (χ2v) is 10.3. The molecule has 1 aliphatic heterocycles. The number of aliphatic carboxylic acids is 1. The van der Waals surface area contributed by atoms with Gasteiger partial charge < -0.3 is 5.11 Å². The van der Waals surface area contributed by atoms with Gasteiger partial charge in [-0.25, -0.2) is 0 Å². The highest BCUT2D eigenvalue weighted by Crippen LogP contribution is 2.41. The molecule has 0 radical (unpaired) electrons. The lowest BCUT2D eigenvalue weighted by atomic mass is 9.85. The number of likely N-dealkylation sites (tertiary alicyclic amines) is 1. The number of benzene rings is 2. The summed E-state index contributed by atoms with van der Waals surface area (Å²) in [4.78, 5) is 13.7. The Morgan fingerprint density at radius 3 is 2.03 bits per heavy atom. The van der Waals surface area contributed by atoms with Crippen LogP contribution in [-0.4, -0.2) is 35.2 Å². The summed E-state index contributed by atoms with van der Waals surface area (Å²) in [5.41, 5.74) is 1.60. The average Bonchev–Trinajstić information content (AvgIpc) is 2.83. The first kappa shape index (κ1) is 29.0. The zero-order valence-electron chi connectivity index (χ0n) is 21.2. The van der Waals surface area contributed by atoms with Gasteiger partial charge >= 0.3 is 18.3 Å². The number of hydrogen-bond donors (Lipinski definition) is 1. The topological polar surface area (TPSA) is 40.5 Å². The van der Waals surface area contributed by atoms with Gasteiger partial charge in [0.2, 0.25) is 0 Å². The number of carbonyl (C=O) groups is 1. The van der Waals surface area contributed by atoms with Gasteiger partial charge in [-0.15, -0.1) is 0 Å². The lowest BCUT2D eigenvalue weighted by molar-refractivity contribution is -0.186. The van der Waals surface area contributed by atoms with Crippen molar-refractivity contribution in [3.8, 4) is 11.1 Å².